The number of rotatable bonds is 4. The SMILES string of the molecule is Cc1ccc(CNC(=O)C2=NO[C@@]3(CCCN(C(=O)C(C)C)C3)C2)cc1. The quantitative estimate of drug-likeness (QED) is 0.899. The molecule has 2 aliphatic rings. The zero-order valence-electron chi connectivity index (χ0n) is 15.7. The zero-order valence-corrected chi connectivity index (χ0v) is 15.7. The number of nitrogens with zero attached hydrogens (tertiary/aromatic N) is 2. The van der Waals surface area contributed by atoms with Crippen LogP contribution >= 0.6 is 0 Å². The molecular formula is C20H27N3O3. The van der Waals surface area contributed by atoms with E-state index in [4.69, 9.17) is 4.84 Å². The Kier molecular flexibility index (Phi) is 5.30. The molecule has 140 valence electrons. The second-order valence-electron chi connectivity index (χ2n) is 7.68. The second kappa shape index (κ2) is 7.48. The van der Waals surface area contributed by atoms with Crippen molar-refractivity contribution in [2.45, 2.75) is 52.2 Å². The van der Waals surface area contributed by atoms with Crippen LogP contribution in [0.3, 0.4) is 0 Å². The number of nitrogens with one attached hydrogen (secondary N) is 1. The lowest BCUT2D eigenvalue weighted by atomic mass is 9.87. The molecule has 1 N–H and O–H groups in total. The number of hydrogen-bond acceptors (Lipinski definition) is 4. The Morgan fingerprint density at radius 1 is 1.31 bits per heavy atom. The number of carbonyl (C=O) groups excluding carboxylic acids is 2. The van der Waals surface area contributed by atoms with Gasteiger partial charge in [-0.15, -0.1) is 0 Å². The average molecular weight is 357 g/mol. The fourth-order valence-electron chi connectivity index (χ4n) is 3.50. The average Bonchev–Trinajstić information content (AvgIpc) is 3.03. The Hall–Kier alpha value is -2.37. The Labute approximate surface area is 154 Å². The van der Waals surface area contributed by atoms with Gasteiger partial charge >= 0.3 is 0 Å². The molecule has 2 heterocycles. The van der Waals surface area contributed by atoms with Crippen LogP contribution in [0.1, 0.15) is 44.2 Å². The largest absolute Gasteiger partial charge is 0.386 e. The van der Waals surface area contributed by atoms with Gasteiger partial charge in [0, 0.05) is 25.4 Å². The number of carbonyl (C=O) groups is 2. The van der Waals surface area contributed by atoms with Crippen molar-refractivity contribution in [2.24, 2.45) is 11.1 Å². The van der Waals surface area contributed by atoms with E-state index in [1.165, 1.54) is 5.56 Å². The van der Waals surface area contributed by atoms with E-state index in [-0.39, 0.29) is 17.7 Å². The predicted molar refractivity (Wildman–Crippen MR) is 99.5 cm³/mol. The molecule has 6 nitrogen and oxygen atoms in total. The first-order chi connectivity index (χ1) is 12.4. The number of aryl methyl sites for hydroxylation is 1. The summed E-state index contributed by atoms with van der Waals surface area (Å²) < 4.78 is 0. The van der Waals surface area contributed by atoms with Gasteiger partial charge in [-0.2, -0.15) is 0 Å². The lowest BCUT2D eigenvalue weighted by Crippen LogP contribution is -2.51. The van der Waals surface area contributed by atoms with Crippen LogP contribution in [-0.2, 0) is 21.0 Å². The Bertz CT molecular complexity index is 712. The van der Waals surface area contributed by atoms with Crippen LogP contribution in [0.4, 0.5) is 0 Å². The number of oxime groups is 1. The summed E-state index contributed by atoms with van der Waals surface area (Å²) in [6.07, 6.45) is 2.13. The van der Waals surface area contributed by atoms with Crippen molar-refractivity contribution in [3.8, 4) is 0 Å². The van der Waals surface area contributed by atoms with Crippen molar-refractivity contribution in [1.29, 1.82) is 0 Å². The molecule has 0 radical (unpaired) electrons. The van der Waals surface area contributed by atoms with Crippen molar-refractivity contribution < 1.29 is 14.4 Å². The number of amides is 2. The lowest BCUT2D eigenvalue weighted by molar-refractivity contribution is -0.143. The van der Waals surface area contributed by atoms with Gasteiger partial charge in [0.15, 0.2) is 5.60 Å². The molecule has 3 rings (SSSR count). The topological polar surface area (TPSA) is 71.0 Å². The summed E-state index contributed by atoms with van der Waals surface area (Å²) in [5, 5.41) is 6.95. The maximum Gasteiger partial charge on any atom is 0.269 e. The minimum Gasteiger partial charge on any atom is -0.386 e. The molecule has 26 heavy (non-hydrogen) atoms. The van der Waals surface area contributed by atoms with Crippen LogP contribution in [0.25, 0.3) is 0 Å². The maximum absolute atomic E-state index is 12.4. The molecule has 1 atom stereocenters. The van der Waals surface area contributed by atoms with Crippen LogP contribution in [0.5, 0.6) is 0 Å². The summed E-state index contributed by atoms with van der Waals surface area (Å²) in [5.74, 6) is -0.107. The Balaban J connectivity index is 1.56. The predicted octanol–water partition coefficient (Wildman–Crippen LogP) is 2.40. The van der Waals surface area contributed by atoms with Gasteiger partial charge in [-0.05, 0) is 25.3 Å². The molecule has 2 aliphatic heterocycles. The first-order valence-corrected chi connectivity index (χ1v) is 9.26. The van der Waals surface area contributed by atoms with E-state index in [1.807, 2.05) is 49.9 Å². The monoisotopic (exact) mass is 357 g/mol. The highest BCUT2D eigenvalue weighted by Crippen LogP contribution is 2.34. The molecule has 0 bridgehead atoms. The lowest BCUT2D eigenvalue weighted by Gasteiger charge is -2.38. The summed E-state index contributed by atoms with van der Waals surface area (Å²) in [5.41, 5.74) is 2.10. The molecule has 1 aromatic carbocycles. The molecule has 1 fully saturated rings. The van der Waals surface area contributed by atoms with Crippen LogP contribution in [0.15, 0.2) is 29.4 Å². The molecule has 0 unspecified atom stereocenters. The van der Waals surface area contributed by atoms with Crippen molar-refractivity contribution in [3.63, 3.8) is 0 Å². The maximum atomic E-state index is 12.4. The van der Waals surface area contributed by atoms with Gasteiger partial charge in [0.2, 0.25) is 5.91 Å². The number of piperidine rings is 1. The van der Waals surface area contributed by atoms with Gasteiger partial charge in [-0.25, -0.2) is 0 Å². The molecule has 1 saturated heterocycles. The van der Waals surface area contributed by atoms with E-state index in [9.17, 15) is 9.59 Å². The van der Waals surface area contributed by atoms with Gasteiger partial charge in [0.1, 0.15) is 5.71 Å². The Morgan fingerprint density at radius 3 is 2.73 bits per heavy atom. The van der Waals surface area contributed by atoms with Gasteiger partial charge < -0.3 is 15.1 Å². The number of hydrogen-bond donors (Lipinski definition) is 1. The van der Waals surface area contributed by atoms with Gasteiger partial charge in [-0.3, -0.25) is 9.59 Å². The van der Waals surface area contributed by atoms with E-state index in [0.717, 1.165) is 24.9 Å². The highest BCUT2D eigenvalue weighted by atomic mass is 16.7. The standard InChI is InChI=1S/C20H27N3O3/c1-14(2)19(25)23-10-4-9-20(13-23)11-17(22-26-20)18(24)21-12-16-7-5-15(3)6-8-16/h5-8,14H,4,9-13H2,1-3H3,(H,21,24)/t20-/m0/s1. The molecule has 1 aromatic rings. The molecule has 2 amide bonds. The minimum absolute atomic E-state index is 0.0373. The summed E-state index contributed by atoms with van der Waals surface area (Å²) in [6, 6.07) is 8.05. The molecule has 0 saturated carbocycles. The van der Waals surface area contributed by atoms with Crippen molar-refractivity contribution >= 4 is 17.5 Å². The van der Waals surface area contributed by atoms with Crippen molar-refractivity contribution in [2.75, 3.05) is 13.1 Å². The van der Waals surface area contributed by atoms with Gasteiger partial charge in [0.25, 0.3) is 5.91 Å². The number of benzene rings is 1. The first-order valence-electron chi connectivity index (χ1n) is 9.26. The van der Waals surface area contributed by atoms with Crippen LogP contribution in [0.2, 0.25) is 0 Å². The van der Waals surface area contributed by atoms with E-state index in [2.05, 4.69) is 10.5 Å². The Morgan fingerprint density at radius 2 is 2.04 bits per heavy atom. The molecule has 1 spiro atoms. The highest BCUT2D eigenvalue weighted by Gasteiger charge is 2.45. The van der Waals surface area contributed by atoms with Crippen LogP contribution in [-0.4, -0.2) is 41.1 Å². The summed E-state index contributed by atoms with van der Waals surface area (Å²) >= 11 is 0. The van der Waals surface area contributed by atoms with E-state index in [1.54, 1.807) is 0 Å². The third kappa shape index (κ3) is 4.06. The van der Waals surface area contributed by atoms with Gasteiger partial charge in [0.05, 0.1) is 6.54 Å². The molecule has 6 heteroatoms. The fraction of sp³-hybridized carbons (Fsp3) is 0.550. The molecule has 0 aromatic heterocycles. The van der Waals surface area contributed by atoms with Crippen molar-refractivity contribution in [1.82, 2.24) is 10.2 Å². The second-order valence-corrected chi connectivity index (χ2v) is 7.68. The zero-order chi connectivity index (χ0) is 18.7. The van der Waals surface area contributed by atoms with Crippen LogP contribution in [0, 0.1) is 12.8 Å². The summed E-state index contributed by atoms with van der Waals surface area (Å²) in [4.78, 5) is 32.2. The summed E-state index contributed by atoms with van der Waals surface area (Å²) in [7, 11) is 0. The van der Waals surface area contributed by atoms with E-state index in [0.29, 0.717) is 25.2 Å². The van der Waals surface area contributed by atoms with Gasteiger partial charge in [-0.1, -0.05) is 48.8 Å². The van der Waals surface area contributed by atoms with E-state index < -0.39 is 5.60 Å². The third-order valence-electron chi connectivity index (χ3n) is 5.02. The van der Waals surface area contributed by atoms with E-state index >= 15 is 0 Å². The van der Waals surface area contributed by atoms with Crippen molar-refractivity contribution in [3.05, 3.63) is 35.4 Å². The third-order valence-corrected chi connectivity index (χ3v) is 5.02. The first kappa shape index (κ1) is 18.4. The normalized spacial score (nSPS) is 22.3. The fourth-order valence-corrected chi connectivity index (χ4v) is 3.50. The minimum atomic E-state index is -0.542. The smallest absolute Gasteiger partial charge is 0.269 e. The molecular weight excluding hydrogens is 330 g/mol. The molecule has 0 aliphatic carbocycles. The summed E-state index contributed by atoms with van der Waals surface area (Å²) in [6.45, 7) is 7.55. The van der Waals surface area contributed by atoms with Crippen LogP contribution < -0.4 is 5.32 Å². The number of likely N-dealkylation sites (tertiary alicyclic amines) is 1. The highest BCUT2D eigenvalue weighted by molar-refractivity contribution is 6.39.